The van der Waals surface area contributed by atoms with Crippen LogP contribution in [0.15, 0.2) is 42.5 Å². The lowest BCUT2D eigenvalue weighted by Crippen LogP contribution is -2.34. The highest BCUT2D eigenvalue weighted by Crippen LogP contribution is 2.27. The second-order valence-electron chi connectivity index (χ2n) is 6.18. The van der Waals surface area contributed by atoms with E-state index in [1.807, 2.05) is 18.2 Å². The van der Waals surface area contributed by atoms with Crippen LogP contribution in [-0.2, 0) is 13.1 Å². The molecule has 132 valence electrons. The molecule has 0 aromatic heterocycles. The average Bonchev–Trinajstić information content (AvgIpc) is 2.80. The number of amides is 1. The Kier molecular flexibility index (Phi) is 5.21. The molecule has 1 aliphatic rings. The number of rotatable bonds is 4. The van der Waals surface area contributed by atoms with Gasteiger partial charge in [0.2, 0.25) is 0 Å². The quantitative estimate of drug-likeness (QED) is 0.660. The molecule has 1 amide bonds. The van der Waals surface area contributed by atoms with Crippen LogP contribution < -0.4 is 15.0 Å². The third kappa shape index (κ3) is 3.92. The zero-order valence-electron chi connectivity index (χ0n) is 14.4. The van der Waals surface area contributed by atoms with Gasteiger partial charge in [0, 0.05) is 30.3 Å². The van der Waals surface area contributed by atoms with Crippen molar-refractivity contribution in [1.82, 2.24) is 10.4 Å². The van der Waals surface area contributed by atoms with E-state index in [1.54, 1.807) is 24.7 Å². The molecule has 0 saturated carbocycles. The predicted molar refractivity (Wildman–Crippen MR) is 92.9 cm³/mol. The van der Waals surface area contributed by atoms with Crippen molar-refractivity contribution in [3.63, 3.8) is 0 Å². The molecule has 0 bridgehead atoms. The van der Waals surface area contributed by atoms with Gasteiger partial charge in [-0.1, -0.05) is 18.2 Å². The topological polar surface area (TPSA) is 71.0 Å². The lowest BCUT2D eigenvalue weighted by molar-refractivity contribution is 0.0706. The maximum absolute atomic E-state index is 11.6. The molecule has 0 unspecified atom stereocenters. The van der Waals surface area contributed by atoms with E-state index in [-0.39, 0.29) is 6.04 Å². The number of nitrogens with zero attached hydrogens (tertiary/aromatic N) is 1. The van der Waals surface area contributed by atoms with Crippen LogP contribution in [0.25, 0.3) is 0 Å². The maximum atomic E-state index is 11.6. The second-order valence-corrected chi connectivity index (χ2v) is 6.18. The van der Waals surface area contributed by atoms with Gasteiger partial charge in [0.25, 0.3) is 5.91 Å². The van der Waals surface area contributed by atoms with E-state index in [0.29, 0.717) is 17.9 Å². The highest BCUT2D eigenvalue weighted by atomic mass is 16.5. The number of hydroxylamine groups is 1. The molecule has 3 rings (SSSR count). The Morgan fingerprint density at radius 3 is 2.76 bits per heavy atom. The van der Waals surface area contributed by atoms with Gasteiger partial charge in [-0.05, 0) is 36.8 Å². The molecule has 2 aromatic rings. The summed E-state index contributed by atoms with van der Waals surface area (Å²) in [5.41, 5.74) is 4.24. The van der Waals surface area contributed by atoms with Crippen LogP contribution in [0.3, 0.4) is 0 Å². The average molecular weight is 342 g/mol. The smallest absolute Gasteiger partial charge is 0.274 e. The minimum absolute atomic E-state index is 0.227. The lowest BCUT2D eigenvalue weighted by atomic mass is 10.1. The van der Waals surface area contributed by atoms with Crippen LogP contribution in [-0.4, -0.2) is 35.8 Å². The van der Waals surface area contributed by atoms with Crippen molar-refractivity contribution < 1.29 is 19.5 Å². The van der Waals surface area contributed by atoms with Crippen LogP contribution in [0, 0.1) is 0 Å². The number of ether oxygens (including phenoxy) is 2. The highest BCUT2D eigenvalue weighted by molar-refractivity contribution is 5.93. The van der Waals surface area contributed by atoms with Crippen LogP contribution in [0.4, 0.5) is 0 Å². The first-order chi connectivity index (χ1) is 12.1. The molecule has 6 heteroatoms. The Morgan fingerprint density at radius 1 is 1.32 bits per heavy atom. The van der Waals surface area contributed by atoms with Crippen molar-refractivity contribution in [2.24, 2.45) is 0 Å². The Labute approximate surface area is 146 Å². The van der Waals surface area contributed by atoms with E-state index in [2.05, 4.69) is 24.0 Å². The van der Waals surface area contributed by atoms with E-state index in [0.717, 1.165) is 24.4 Å². The second kappa shape index (κ2) is 7.55. The molecule has 2 N–H and O–H groups in total. The van der Waals surface area contributed by atoms with Crippen molar-refractivity contribution >= 4 is 5.91 Å². The Hall–Kier alpha value is -2.57. The molecular formula is C19H22N2O4. The molecule has 0 fully saturated rings. The van der Waals surface area contributed by atoms with E-state index in [9.17, 15) is 4.79 Å². The van der Waals surface area contributed by atoms with Crippen molar-refractivity contribution in [1.29, 1.82) is 0 Å². The molecule has 6 nitrogen and oxygen atoms in total. The fourth-order valence-electron chi connectivity index (χ4n) is 2.89. The maximum Gasteiger partial charge on any atom is 0.274 e. The summed E-state index contributed by atoms with van der Waals surface area (Å²) in [5, 5.41) is 8.78. The van der Waals surface area contributed by atoms with E-state index in [4.69, 9.17) is 14.7 Å². The molecule has 2 aromatic carbocycles. The highest BCUT2D eigenvalue weighted by Gasteiger charge is 2.22. The van der Waals surface area contributed by atoms with Gasteiger partial charge in [-0.15, -0.1) is 0 Å². The van der Waals surface area contributed by atoms with Gasteiger partial charge >= 0.3 is 0 Å². The van der Waals surface area contributed by atoms with E-state index >= 15 is 0 Å². The molecule has 0 saturated heterocycles. The van der Waals surface area contributed by atoms with Gasteiger partial charge in [0.15, 0.2) is 0 Å². The third-order valence-corrected chi connectivity index (χ3v) is 4.45. The number of methoxy groups -OCH3 is 1. The molecule has 1 aliphatic heterocycles. The van der Waals surface area contributed by atoms with Crippen LogP contribution in [0.2, 0.25) is 0 Å². The summed E-state index contributed by atoms with van der Waals surface area (Å²) in [6, 6.07) is 13.5. The summed E-state index contributed by atoms with van der Waals surface area (Å²) in [5.74, 6) is 0.986. The minimum atomic E-state index is -0.543. The summed E-state index contributed by atoms with van der Waals surface area (Å²) in [6.07, 6.45) is 0. The van der Waals surface area contributed by atoms with Gasteiger partial charge < -0.3 is 9.47 Å². The van der Waals surface area contributed by atoms with Crippen molar-refractivity contribution in [2.75, 3.05) is 13.7 Å². The molecule has 0 spiro atoms. The summed E-state index contributed by atoms with van der Waals surface area (Å²) >= 11 is 0. The fourth-order valence-corrected chi connectivity index (χ4v) is 2.89. The number of carbonyl (C=O) groups is 1. The van der Waals surface area contributed by atoms with Crippen molar-refractivity contribution in [3.05, 3.63) is 59.2 Å². The third-order valence-electron chi connectivity index (χ3n) is 4.45. The number of fused-ring (bicyclic) bond motifs is 1. The van der Waals surface area contributed by atoms with Gasteiger partial charge in [0.05, 0.1) is 7.11 Å². The van der Waals surface area contributed by atoms with Gasteiger partial charge in [-0.2, -0.15) is 0 Å². The SMILES string of the molecule is COc1ccc(CN2Cc3ccc(C(=O)NO)cc3OC[C@@H]2C)cc1. The van der Waals surface area contributed by atoms with Gasteiger partial charge in [-0.25, -0.2) is 5.48 Å². The monoisotopic (exact) mass is 342 g/mol. The van der Waals surface area contributed by atoms with Crippen LogP contribution in [0.5, 0.6) is 11.5 Å². The Morgan fingerprint density at radius 2 is 2.08 bits per heavy atom. The zero-order chi connectivity index (χ0) is 17.8. The lowest BCUT2D eigenvalue weighted by Gasteiger charge is -2.26. The Bertz CT molecular complexity index is 746. The van der Waals surface area contributed by atoms with Gasteiger partial charge in [-0.3, -0.25) is 14.9 Å². The zero-order valence-corrected chi connectivity index (χ0v) is 14.4. The standard InChI is InChI=1S/C19H22N2O4/c1-13-12-25-18-9-15(19(22)20-23)5-6-16(18)11-21(13)10-14-3-7-17(24-2)8-4-14/h3-9,13,23H,10-12H2,1-2H3,(H,20,22)/t13-/m0/s1. The molecule has 1 atom stereocenters. The van der Waals surface area contributed by atoms with Crippen molar-refractivity contribution in [3.8, 4) is 11.5 Å². The number of nitrogens with one attached hydrogen (secondary N) is 1. The summed E-state index contributed by atoms with van der Waals surface area (Å²) < 4.78 is 11.1. The number of benzene rings is 2. The molecule has 1 heterocycles. The number of carbonyl (C=O) groups excluding carboxylic acids is 1. The van der Waals surface area contributed by atoms with Crippen molar-refractivity contribution in [2.45, 2.75) is 26.1 Å². The van der Waals surface area contributed by atoms with E-state index < -0.39 is 5.91 Å². The first-order valence-electron chi connectivity index (χ1n) is 8.18. The van der Waals surface area contributed by atoms with Crippen LogP contribution in [0.1, 0.15) is 28.4 Å². The normalized spacial score (nSPS) is 17.2. The van der Waals surface area contributed by atoms with Crippen LogP contribution >= 0.6 is 0 Å². The Balaban J connectivity index is 1.78. The summed E-state index contributed by atoms with van der Waals surface area (Å²) in [4.78, 5) is 13.9. The number of hydrogen-bond donors (Lipinski definition) is 2. The predicted octanol–water partition coefficient (Wildman–Crippen LogP) is 2.60. The largest absolute Gasteiger partial charge is 0.497 e. The first kappa shape index (κ1) is 17.3. The molecule has 0 radical (unpaired) electrons. The molecule has 25 heavy (non-hydrogen) atoms. The minimum Gasteiger partial charge on any atom is -0.497 e. The number of hydrogen-bond acceptors (Lipinski definition) is 5. The molecular weight excluding hydrogens is 320 g/mol. The summed E-state index contributed by atoms with van der Waals surface area (Å²) in [7, 11) is 1.66. The fraction of sp³-hybridized carbons (Fsp3) is 0.316. The summed E-state index contributed by atoms with van der Waals surface area (Å²) in [6.45, 7) is 4.18. The van der Waals surface area contributed by atoms with E-state index in [1.165, 1.54) is 5.56 Å². The molecule has 0 aliphatic carbocycles. The first-order valence-corrected chi connectivity index (χ1v) is 8.18. The van der Waals surface area contributed by atoms with Gasteiger partial charge in [0.1, 0.15) is 18.1 Å².